The number of carbonyl (C=O) groups is 1. The molecule has 0 saturated carbocycles. The fourth-order valence-electron chi connectivity index (χ4n) is 2.96. The summed E-state index contributed by atoms with van der Waals surface area (Å²) in [6.07, 6.45) is 1.04. The van der Waals surface area contributed by atoms with Gasteiger partial charge in [0.05, 0.1) is 12.6 Å². The van der Waals surface area contributed by atoms with Crippen LogP contribution in [-0.2, 0) is 11.2 Å². The molecule has 118 valence electrons. The van der Waals surface area contributed by atoms with Gasteiger partial charge in [0, 0.05) is 21.8 Å². The number of hydrogen-bond donors (Lipinski definition) is 1. The molecule has 1 unspecified atom stereocenters. The Bertz CT molecular complexity index is 640. The number of thiophene rings is 2. The fourth-order valence-corrected chi connectivity index (χ4v) is 4.74. The summed E-state index contributed by atoms with van der Waals surface area (Å²) >= 11 is 3.61. The zero-order valence-corrected chi connectivity index (χ0v) is 14.9. The molecule has 2 aromatic heterocycles. The van der Waals surface area contributed by atoms with E-state index in [9.17, 15) is 4.79 Å². The van der Waals surface area contributed by atoms with Crippen LogP contribution in [0.1, 0.15) is 42.1 Å². The predicted molar refractivity (Wildman–Crippen MR) is 93.7 cm³/mol. The van der Waals surface area contributed by atoms with Crippen LogP contribution < -0.4 is 5.32 Å². The maximum atomic E-state index is 12.3. The lowest BCUT2D eigenvalue weighted by Crippen LogP contribution is -2.48. The van der Waals surface area contributed by atoms with Crippen molar-refractivity contribution in [2.45, 2.75) is 38.8 Å². The zero-order valence-electron chi connectivity index (χ0n) is 13.3. The Morgan fingerprint density at radius 2 is 2.14 bits per heavy atom. The predicted octanol–water partition coefficient (Wildman–Crippen LogP) is 3.67. The fraction of sp³-hybridized carbons (Fsp3) is 0.471. The molecule has 3 rings (SSSR count). The second-order valence-electron chi connectivity index (χ2n) is 6.74. The molecular formula is C17H22N2OS2. The van der Waals surface area contributed by atoms with Gasteiger partial charge >= 0.3 is 0 Å². The Kier molecular flexibility index (Phi) is 4.39. The van der Waals surface area contributed by atoms with Gasteiger partial charge in [-0.25, -0.2) is 0 Å². The first kappa shape index (κ1) is 15.7. The average Bonchev–Trinajstić information content (AvgIpc) is 3.06. The van der Waals surface area contributed by atoms with E-state index < -0.39 is 0 Å². The van der Waals surface area contributed by atoms with Crippen molar-refractivity contribution in [3.8, 4) is 0 Å². The number of nitrogens with zero attached hydrogens (tertiary/aromatic N) is 1. The van der Waals surface area contributed by atoms with Crippen LogP contribution in [0.5, 0.6) is 0 Å². The minimum absolute atomic E-state index is 0.104. The van der Waals surface area contributed by atoms with Gasteiger partial charge in [-0.05, 0) is 55.6 Å². The minimum atomic E-state index is -0.182. The van der Waals surface area contributed by atoms with Crippen molar-refractivity contribution in [3.63, 3.8) is 0 Å². The number of amides is 1. The highest BCUT2D eigenvalue weighted by Gasteiger charge is 2.31. The van der Waals surface area contributed by atoms with Crippen molar-refractivity contribution < 1.29 is 4.79 Å². The molecule has 1 aliphatic rings. The van der Waals surface area contributed by atoms with Crippen molar-refractivity contribution in [2.24, 2.45) is 0 Å². The number of carbonyl (C=O) groups excluding carboxylic acids is 1. The topological polar surface area (TPSA) is 32.3 Å². The van der Waals surface area contributed by atoms with Crippen LogP contribution in [0.25, 0.3) is 0 Å². The first-order valence-electron chi connectivity index (χ1n) is 7.59. The summed E-state index contributed by atoms with van der Waals surface area (Å²) in [5.74, 6) is 0.104. The van der Waals surface area contributed by atoms with Crippen molar-refractivity contribution >= 4 is 28.6 Å². The summed E-state index contributed by atoms with van der Waals surface area (Å²) in [4.78, 5) is 17.4. The normalized spacial score (nSPS) is 19.0. The van der Waals surface area contributed by atoms with Crippen LogP contribution >= 0.6 is 22.7 Å². The minimum Gasteiger partial charge on any atom is -0.350 e. The molecule has 0 spiro atoms. The molecule has 0 aromatic carbocycles. The van der Waals surface area contributed by atoms with Gasteiger partial charge in [0.15, 0.2) is 0 Å². The van der Waals surface area contributed by atoms with Crippen molar-refractivity contribution in [1.82, 2.24) is 10.2 Å². The highest BCUT2D eigenvalue weighted by Crippen LogP contribution is 2.39. The second kappa shape index (κ2) is 6.14. The molecular weight excluding hydrogens is 312 g/mol. The number of hydrogen-bond acceptors (Lipinski definition) is 4. The van der Waals surface area contributed by atoms with E-state index in [4.69, 9.17) is 0 Å². The monoisotopic (exact) mass is 334 g/mol. The molecule has 22 heavy (non-hydrogen) atoms. The van der Waals surface area contributed by atoms with Gasteiger partial charge in [-0.1, -0.05) is 6.07 Å². The van der Waals surface area contributed by atoms with E-state index in [-0.39, 0.29) is 17.5 Å². The average molecular weight is 335 g/mol. The van der Waals surface area contributed by atoms with E-state index >= 15 is 0 Å². The third-order valence-corrected chi connectivity index (χ3v) is 5.66. The van der Waals surface area contributed by atoms with Crippen molar-refractivity contribution in [2.75, 3.05) is 13.1 Å². The van der Waals surface area contributed by atoms with Crippen LogP contribution in [-0.4, -0.2) is 29.4 Å². The third kappa shape index (κ3) is 3.42. The van der Waals surface area contributed by atoms with Crippen LogP contribution in [0.4, 0.5) is 0 Å². The number of rotatable bonds is 3. The molecule has 0 radical (unpaired) electrons. The summed E-state index contributed by atoms with van der Waals surface area (Å²) in [7, 11) is 0. The molecule has 0 saturated heterocycles. The third-order valence-electron chi connectivity index (χ3n) is 3.74. The molecule has 1 N–H and O–H groups in total. The molecule has 3 heterocycles. The molecule has 0 fully saturated rings. The largest absolute Gasteiger partial charge is 0.350 e. The van der Waals surface area contributed by atoms with Crippen LogP contribution in [0.15, 0.2) is 29.0 Å². The van der Waals surface area contributed by atoms with E-state index in [0.717, 1.165) is 13.0 Å². The summed E-state index contributed by atoms with van der Waals surface area (Å²) in [6.45, 7) is 7.46. The van der Waals surface area contributed by atoms with Crippen LogP contribution in [0, 0.1) is 0 Å². The molecule has 2 aromatic rings. The maximum absolute atomic E-state index is 12.3. The summed E-state index contributed by atoms with van der Waals surface area (Å²) in [5, 5.41) is 7.36. The molecule has 1 atom stereocenters. The van der Waals surface area contributed by atoms with Gasteiger partial charge in [-0.3, -0.25) is 9.69 Å². The molecule has 3 nitrogen and oxygen atoms in total. The first-order chi connectivity index (χ1) is 10.4. The smallest absolute Gasteiger partial charge is 0.234 e. The lowest BCUT2D eigenvalue weighted by atomic mass is 9.98. The van der Waals surface area contributed by atoms with Crippen molar-refractivity contribution in [3.05, 3.63) is 44.3 Å². The Balaban J connectivity index is 1.83. The number of fused-ring (bicyclic) bond motifs is 1. The lowest BCUT2D eigenvalue weighted by molar-refractivity contribution is -0.124. The van der Waals surface area contributed by atoms with Crippen molar-refractivity contribution in [1.29, 1.82) is 0 Å². The highest BCUT2D eigenvalue weighted by atomic mass is 32.1. The van der Waals surface area contributed by atoms with Crippen LogP contribution in [0.3, 0.4) is 0 Å². The Morgan fingerprint density at radius 3 is 2.82 bits per heavy atom. The summed E-state index contributed by atoms with van der Waals surface area (Å²) in [6, 6.07) is 6.71. The van der Waals surface area contributed by atoms with Gasteiger partial charge in [0.1, 0.15) is 0 Å². The quantitative estimate of drug-likeness (QED) is 0.929. The van der Waals surface area contributed by atoms with E-state index in [2.05, 4.69) is 39.2 Å². The number of nitrogens with one attached hydrogen (secondary N) is 1. The van der Waals surface area contributed by atoms with E-state index in [1.807, 2.05) is 32.1 Å². The van der Waals surface area contributed by atoms with Gasteiger partial charge in [0.25, 0.3) is 0 Å². The summed E-state index contributed by atoms with van der Waals surface area (Å²) < 4.78 is 0. The van der Waals surface area contributed by atoms with Gasteiger partial charge in [0.2, 0.25) is 5.91 Å². The lowest BCUT2D eigenvalue weighted by Gasteiger charge is -2.35. The maximum Gasteiger partial charge on any atom is 0.234 e. The van der Waals surface area contributed by atoms with Gasteiger partial charge < -0.3 is 5.32 Å². The van der Waals surface area contributed by atoms with Gasteiger partial charge in [-0.2, -0.15) is 0 Å². The Hall–Kier alpha value is -1.17. The van der Waals surface area contributed by atoms with Gasteiger partial charge in [-0.15, -0.1) is 22.7 Å². The van der Waals surface area contributed by atoms with E-state index in [1.54, 1.807) is 11.3 Å². The molecule has 5 heteroatoms. The molecule has 0 bridgehead atoms. The standard InChI is InChI=1S/C17H22N2OS2/c1-17(2,3)18-15(20)11-19-8-6-13-12(7-10-22-13)16(19)14-5-4-9-21-14/h4-5,7,9-10,16H,6,8,11H2,1-3H3,(H,18,20). The Morgan fingerprint density at radius 1 is 1.32 bits per heavy atom. The van der Waals surface area contributed by atoms with E-state index in [0.29, 0.717) is 6.54 Å². The zero-order chi connectivity index (χ0) is 15.7. The molecule has 1 amide bonds. The SMILES string of the molecule is CC(C)(C)NC(=O)CN1CCc2sccc2C1c1cccs1. The first-order valence-corrected chi connectivity index (χ1v) is 9.35. The van der Waals surface area contributed by atoms with Crippen LogP contribution in [0.2, 0.25) is 0 Å². The molecule has 1 aliphatic heterocycles. The summed E-state index contributed by atoms with van der Waals surface area (Å²) in [5.41, 5.74) is 1.20. The molecule has 0 aliphatic carbocycles. The second-order valence-corrected chi connectivity index (χ2v) is 8.72. The highest BCUT2D eigenvalue weighted by molar-refractivity contribution is 7.10. The Labute approximate surface area is 140 Å². The van der Waals surface area contributed by atoms with E-state index in [1.165, 1.54) is 15.3 Å².